The average molecular weight is 353 g/mol. The quantitative estimate of drug-likeness (QED) is 0.817. The highest BCUT2D eigenvalue weighted by atomic mass is 32.2. The van der Waals surface area contributed by atoms with Crippen LogP contribution >= 0.6 is 0 Å². The van der Waals surface area contributed by atoms with Gasteiger partial charge in [-0.15, -0.1) is 0 Å². The third kappa shape index (κ3) is 3.95. The Kier molecular flexibility index (Phi) is 5.64. The molecule has 1 fully saturated rings. The molecule has 1 aromatic carbocycles. The van der Waals surface area contributed by atoms with Gasteiger partial charge in [0, 0.05) is 12.1 Å². The third-order valence-corrected chi connectivity index (χ3v) is 6.46. The van der Waals surface area contributed by atoms with Gasteiger partial charge in [0.25, 0.3) is 5.91 Å². The zero-order valence-corrected chi connectivity index (χ0v) is 14.6. The highest BCUT2D eigenvalue weighted by Crippen LogP contribution is 2.36. The second-order valence-corrected chi connectivity index (χ2v) is 8.53. The molecule has 2 N–H and O–H groups in total. The van der Waals surface area contributed by atoms with E-state index in [0.29, 0.717) is 18.4 Å². The summed E-state index contributed by atoms with van der Waals surface area (Å²) in [6.07, 6.45) is 3.86. The summed E-state index contributed by atoms with van der Waals surface area (Å²) in [7, 11) is -3.30. The first-order valence-electron chi connectivity index (χ1n) is 8.15. The second-order valence-electron chi connectivity index (χ2n) is 6.26. The maximum absolute atomic E-state index is 12.2. The van der Waals surface area contributed by atoms with Gasteiger partial charge in [-0.3, -0.25) is 9.59 Å². The molecule has 1 saturated carbocycles. The molecule has 1 amide bonds. The number of nitrogens with one attached hydrogen (secondary N) is 1. The van der Waals surface area contributed by atoms with E-state index in [1.165, 1.54) is 24.3 Å². The van der Waals surface area contributed by atoms with Crippen LogP contribution in [0.4, 0.5) is 0 Å². The van der Waals surface area contributed by atoms with Gasteiger partial charge in [-0.05, 0) is 37.1 Å². The zero-order valence-electron chi connectivity index (χ0n) is 13.7. The van der Waals surface area contributed by atoms with Gasteiger partial charge >= 0.3 is 5.97 Å². The largest absolute Gasteiger partial charge is 0.481 e. The van der Waals surface area contributed by atoms with Gasteiger partial charge < -0.3 is 10.4 Å². The normalized spacial score (nSPS) is 17.2. The van der Waals surface area contributed by atoms with Crippen LogP contribution in [0.5, 0.6) is 0 Å². The van der Waals surface area contributed by atoms with Crippen molar-refractivity contribution >= 4 is 21.7 Å². The van der Waals surface area contributed by atoms with Crippen molar-refractivity contribution in [3.8, 4) is 0 Å². The Bertz CT molecular complexity index is 703. The van der Waals surface area contributed by atoms with Crippen LogP contribution in [-0.4, -0.2) is 37.7 Å². The van der Waals surface area contributed by atoms with Crippen LogP contribution < -0.4 is 5.32 Å². The number of aliphatic carboxylic acids is 1. The van der Waals surface area contributed by atoms with Gasteiger partial charge in [-0.25, -0.2) is 8.42 Å². The first-order chi connectivity index (χ1) is 11.3. The number of hydrogen-bond acceptors (Lipinski definition) is 4. The average Bonchev–Trinajstić information content (AvgIpc) is 2.60. The van der Waals surface area contributed by atoms with Crippen LogP contribution in [0.1, 0.15) is 49.4 Å². The van der Waals surface area contributed by atoms with Crippen molar-refractivity contribution in [2.24, 2.45) is 5.41 Å². The molecule has 0 radical (unpaired) electrons. The lowest BCUT2D eigenvalue weighted by Crippen LogP contribution is -2.44. The molecule has 132 valence electrons. The lowest BCUT2D eigenvalue weighted by molar-refractivity contribution is -0.150. The van der Waals surface area contributed by atoms with E-state index < -0.39 is 21.2 Å². The number of rotatable bonds is 6. The second kappa shape index (κ2) is 7.34. The smallest absolute Gasteiger partial charge is 0.311 e. The van der Waals surface area contributed by atoms with E-state index >= 15 is 0 Å². The van der Waals surface area contributed by atoms with Crippen molar-refractivity contribution in [1.29, 1.82) is 0 Å². The number of sulfone groups is 1. The number of benzene rings is 1. The van der Waals surface area contributed by atoms with Crippen LogP contribution in [0.3, 0.4) is 0 Å². The Labute approximate surface area is 142 Å². The van der Waals surface area contributed by atoms with Crippen molar-refractivity contribution in [1.82, 2.24) is 5.32 Å². The summed E-state index contributed by atoms with van der Waals surface area (Å²) >= 11 is 0. The van der Waals surface area contributed by atoms with Crippen LogP contribution in [0.15, 0.2) is 29.2 Å². The molecule has 2 rings (SSSR count). The molecule has 1 aromatic rings. The van der Waals surface area contributed by atoms with Crippen molar-refractivity contribution in [2.45, 2.75) is 43.9 Å². The monoisotopic (exact) mass is 353 g/mol. The Hall–Kier alpha value is -1.89. The molecular formula is C17H23NO5S. The van der Waals surface area contributed by atoms with Crippen molar-refractivity contribution < 1.29 is 23.1 Å². The van der Waals surface area contributed by atoms with Crippen molar-refractivity contribution in [3.05, 3.63) is 29.8 Å². The minimum Gasteiger partial charge on any atom is -0.481 e. The molecule has 0 saturated heterocycles. The number of amides is 1. The number of carboxylic acid groups (broad SMARTS) is 1. The molecular weight excluding hydrogens is 330 g/mol. The fraction of sp³-hybridized carbons (Fsp3) is 0.529. The predicted octanol–water partition coefficient (Wildman–Crippen LogP) is 2.25. The summed E-state index contributed by atoms with van der Waals surface area (Å²) in [6.45, 7) is 1.65. The highest BCUT2D eigenvalue weighted by Gasteiger charge is 2.39. The lowest BCUT2D eigenvalue weighted by atomic mass is 9.74. The summed E-state index contributed by atoms with van der Waals surface area (Å²) in [4.78, 5) is 24.0. The Morgan fingerprint density at radius 3 is 2.21 bits per heavy atom. The molecule has 0 heterocycles. The molecule has 0 bridgehead atoms. The Balaban J connectivity index is 2.05. The van der Waals surface area contributed by atoms with E-state index in [9.17, 15) is 23.1 Å². The van der Waals surface area contributed by atoms with Crippen molar-refractivity contribution in [2.75, 3.05) is 12.3 Å². The summed E-state index contributed by atoms with van der Waals surface area (Å²) < 4.78 is 23.5. The van der Waals surface area contributed by atoms with Gasteiger partial charge in [0.1, 0.15) is 0 Å². The van der Waals surface area contributed by atoms with Crippen LogP contribution in [0.2, 0.25) is 0 Å². The van der Waals surface area contributed by atoms with E-state index in [4.69, 9.17) is 0 Å². The molecule has 24 heavy (non-hydrogen) atoms. The number of carbonyl (C=O) groups excluding carboxylic acids is 1. The molecule has 1 aliphatic carbocycles. The topological polar surface area (TPSA) is 101 Å². The summed E-state index contributed by atoms with van der Waals surface area (Å²) in [5.74, 6) is -1.26. The highest BCUT2D eigenvalue weighted by molar-refractivity contribution is 7.91. The summed E-state index contributed by atoms with van der Waals surface area (Å²) in [5, 5.41) is 12.2. The summed E-state index contributed by atoms with van der Waals surface area (Å²) in [5.41, 5.74) is -0.569. The molecule has 0 atom stereocenters. The van der Waals surface area contributed by atoms with E-state index in [2.05, 4.69) is 5.32 Å². The van der Waals surface area contributed by atoms with Crippen LogP contribution in [0.25, 0.3) is 0 Å². The minimum atomic E-state index is -3.30. The van der Waals surface area contributed by atoms with Crippen LogP contribution in [-0.2, 0) is 14.6 Å². The fourth-order valence-electron chi connectivity index (χ4n) is 3.03. The molecule has 0 aromatic heterocycles. The number of carbonyl (C=O) groups is 2. The van der Waals surface area contributed by atoms with E-state index in [-0.39, 0.29) is 23.1 Å². The first kappa shape index (κ1) is 18.4. The van der Waals surface area contributed by atoms with Crippen molar-refractivity contribution in [3.63, 3.8) is 0 Å². The first-order valence-corrected chi connectivity index (χ1v) is 9.80. The standard InChI is InChI=1S/C17H23NO5S/c1-2-24(22,23)14-8-6-13(7-9-14)15(19)18-12-17(16(20)21)10-4-3-5-11-17/h6-9H,2-5,10-12H2,1H3,(H,18,19)(H,20,21). The SMILES string of the molecule is CCS(=O)(=O)c1ccc(C(=O)NCC2(C(=O)O)CCCCC2)cc1. The molecule has 0 spiro atoms. The third-order valence-electron chi connectivity index (χ3n) is 4.71. The predicted molar refractivity (Wildman–Crippen MR) is 89.7 cm³/mol. The van der Waals surface area contributed by atoms with E-state index in [1.807, 2.05) is 0 Å². The van der Waals surface area contributed by atoms with Gasteiger partial charge in [0.2, 0.25) is 0 Å². The Morgan fingerprint density at radius 1 is 1.12 bits per heavy atom. The maximum atomic E-state index is 12.2. The number of carboxylic acids is 1. The van der Waals surface area contributed by atoms with Crippen LogP contribution in [0, 0.1) is 5.41 Å². The molecule has 0 aliphatic heterocycles. The van der Waals surface area contributed by atoms with Gasteiger partial charge in [0.05, 0.1) is 16.1 Å². The van der Waals surface area contributed by atoms with E-state index in [0.717, 1.165) is 19.3 Å². The molecule has 1 aliphatic rings. The Morgan fingerprint density at radius 2 is 1.71 bits per heavy atom. The van der Waals surface area contributed by atoms with Gasteiger partial charge in [0.15, 0.2) is 9.84 Å². The lowest BCUT2D eigenvalue weighted by Gasteiger charge is -2.33. The molecule has 6 nitrogen and oxygen atoms in total. The van der Waals surface area contributed by atoms with E-state index in [1.54, 1.807) is 6.92 Å². The molecule has 7 heteroatoms. The number of hydrogen-bond donors (Lipinski definition) is 2. The maximum Gasteiger partial charge on any atom is 0.311 e. The van der Waals surface area contributed by atoms with Gasteiger partial charge in [-0.1, -0.05) is 26.2 Å². The fourth-order valence-corrected chi connectivity index (χ4v) is 3.91. The minimum absolute atomic E-state index is 0.000323. The van der Waals surface area contributed by atoms with Gasteiger partial charge in [-0.2, -0.15) is 0 Å². The molecule has 0 unspecified atom stereocenters. The zero-order chi connectivity index (χ0) is 17.8. The summed E-state index contributed by atoms with van der Waals surface area (Å²) in [6, 6.07) is 5.71.